The molecule has 7 rings (SSSR count). The molecule has 0 bridgehead atoms. The smallest absolute Gasteiger partial charge is 0.127 e. The maximum atomic E-state index is 6.27. The van der Waals surface area contributed by atoms with E-state index in [9.17, 15) is 0 Å². The minimum absolute atomic E-state index is 0.0537. The molecule has 4 heteroatoms. The van der Waals surface area contributed by atoms with Crippen LogP contribution in [-0.4, -0.2) is 6.10 Å². The van der Waals surface area contributed by atoms with E-state index in [1.165, 1.54) is 33.4 Å². The van der Waals surface area contributed by atoms with Gasteiger partial charge in [-0.3, -0.25) is 0 Å². The molecular weight excluding hydrogens is 504 g/mol. The number of ether oxygens (including phenoxy) is 2. The minimum Gasteiger partial charge on any atom is -0.486 e. The van der Waals surface area contributed by atoms with Gasteiger partial charge in [-0.2, -0.15) is 0 Å². The van der Waals surface area contributed by atoms with Crippen molar-refractivity contribution in [2.45, 2.75) is 17.9 Å². The second-order valence-corrected chi connectivity index (χ2v) is 10.5. The first-order valence-corrected chi connectivity index (χ1v) is 13.9. The standard InChI is InChI=1S/C37H30N2O2/c38-27-13-21-31(22-14-27)40-29-17-9-25(10-18-29)37(35-7-3-1-5-33(35)34-6-2-4-8-36(34)37)26-11-19-30(20-12-26)41-32-23-15-28(39)16-24-32/h1-19,21-24,30H,20,38-39H2. The van der Waals surface area contributed by atoms with Crippen LogP contribution in [0.3, 0.4) is 0 Å². The summed E-state index contributed by atoms with van der Waals surface area (Å²) in [5.41, 5.74) is 20.2. The van der Waals surface area contributed by atoms with E-state index in [-0.39, 0.29) is 6.10 Å². The van der Waals surface area contributed by atoms with Gasteiger partial charge in [-0.05, 0) is 100 Å². The molecule has 1 atom stereocenters. The van der Waals surface area contributed by atoms with Gasteiger partial charge >= 0.3 is 0 Å². The number of allylic oxidation sites excluding steroid dienone is 2. The second-order valence-electron chi connectivity index (χ2n) is 10.5. The van der Waals surface area contributed by atoms with Crippen LogP contribution in [0.15, 0.2) is 145 Å². The molecule has 0 spiro atoms. The minimum atomic E-state index is -0.463. The maximum Gasteiger partial charge on any atom is 0.127 e. The van der Waals surface area contributed by atoms with E-state index in [1.54, 1.807) is 0 Å². The largest absolute Gasteiger partial charge is 0.486 e. The molecule has 2 aliphatic carbocycles. The quantitative estimate of drug-likeness (QED) is 0.215. The monoisotopic (exact) mass is 534 g/mol. The lowest BCUT2D eigenvalue weighted by Crippen LogP contribution is -2.30. The number of nitrogen functional groups attached to an aromatic ring is 2. The van der Waals surface area contributed by atoms with Crippen LogP contribution >= 0.6 is 0 Å². The third-order valence-electron chi connectivity index (χ3n) is 8.02. The number of benzene rings is 5. The number of anilines is 2. The predicted octanol–water partition coefficient (Wildman–Crippen LogP) is 8.29. The Kier molecular flexibility index (Phi) is 6.09. The summed E-state index contributed by atoms with van der Waals surface area (Å²) in [5.74, 6) is 2.34. The molecule has 5 aromatic carbocycles. The Morgan fingerprint density at radius 1 is 0.585 bits per heavy atom. The highest BCUT2D eigenvalue weighted by molar-refractivity contribution is 5.86. The molecule has 4 nitrogen and oxygen atoms in total. The fraction of sp³-hybridized carbons (Fsp3) is 0.0811. The van der Waals surface area contributed by atoms with E-state index < -0.39 is 5.41 Å². The number of hydrogen-bond donors (Lipinski definition) is 2. The molecule has 0 saturated carbocycles. The second kappa shape index (κ2) is 10.1. The van der Waals surface area contributed by atoms with Crippen molar-refractivity contribution in [1.29, 1.82) is 0 Å². The van der Waals surface area contributed by atoms with Gasteiger partial charge in [0.2, 0.25) is 0 Å². The van der Waals surface area contributed by atoms with Crippen molar-refractivity contribution in [2.75, 3.05) is 11.5 Å². The Morgan fingerprint density at radius 2 is 1.10 bits per heavy atom. The molecule has 0 aromatic heterocycles. The zero-order chi connectivity index (χ0) is 27.8. The molecule has 5 aromatic rings. The van der Waals surface area contributed by atoms with Crippen molar-refractivity contribution < 1.29 is 9.47 Å². The molecule has 41 heavy (non-hydrogen) atoms. The summed E-state index contributed by atoms with van der Waals surface area (Å²) in [4.78, 5) is 0. The van der Waals surface area contributed by atoms with Gasteiger partial charge in [-0.25, -0.2) is 0 Å². The normalized spacial score (nSPS) is 16.4. The summed E-state index contributed by atoms with van der Waals surface area (Å²) >= 11 is 0. The van der Waals surface area contributed by atoms with Crippen LogP contribution in [0.5, 0.6) is 17.2 Å². The summed E-state index contributed by atoms with van der Waals surface area (Å²) in [6.07, 6.45) is 7.46. The first-order chi connectivity index (χ1) is 20.1. The summed E-state index contributed by atoms with van der Waals surface area (Å²) < 4.78 is 12.4. The van der Waals surface area contributed by atoms with Crippen LogP contribution < -0.4 is 20.9 Å². The molecule has 0 amide bonds. The molecule has 200 valence electrons. The van der Waals surface area contributed by atoms with Gasteiger partial charge in [0.15, 0.2) is 0 Å². The average molecular weight is 535 g/mol. The van der Waals surface area contributed by atoms with Crippen molar-refractivity contribution in [2.24, 2.45) is 0 Å². The molecule has 2 aliphatic rings. The van der Waals surface area contributed by atoms with Crippen molar-refractivity contribution >= 4 is 11.4 Å². The first-order valence-electron chi connectivity index (χ1n) is 13.9. The lowest BCUT2D eigenvalue weighted by atomic mass is 9.66. The summed E-state index contributed by atoms with van der Waals surface area (Å²) in [5, 5.41) is 0. The van der Waals surface area contributed by atoms with E-state index in [0.29, 0.717) is 5.69 Å². The fourth-order valence-electron chi connectivity index (χ4n) is 6.16. The lowest BCUT2D eigenvalue weighted by Gasteiger charge is -2.36. The van der Waals surface area contributed by atoms with Gasteiger partial charge in [0.1, 0.15) is 23.4 Å². The van der Waals surface area contributed by atoms with E-state index in [4.69, 9.17) is 20.9 Å². The van der Waals surface area contributed by atoms with Gasteiger partial charge in [0.25, 0.3) is 0 Å². The SMILES string of the molecule is Nc1ccc(Oc2ccc(C3(C4=CCC(Oc5ccc(N)cc5)C=C4)c4ccccc4-c4ccccc43)cc2)cc1. The number of hydrogen-bond acceptors (Lipinski definition) is 4. The number of fused-ring (bicyclic) bond motifs is 3. The summed E-state index contributed by atoms with van der Waals surface area (Å²) in [6.45, 7) is 0. The molecule has 0 heterocycles. The van der Waals surface area contributed by atoms with Crippen LogP contribution in [0.4, 0.5) is 11.4 Å². The van der Waals surface area contributed by atoms with Gasteiger partial charge in [-0.15, -0.1) is 0 Å². The molecule has 0 fully saturated rings. The average Bonchev–Trinajstić information content (AvgIpc) is 3.32. The van der Waals surface area contributed by atoms with Gasteiger partial charge in [-0.1, -0.05) is 72.8 Å². The maximum absolute atomic E-state index is 6.27. The lowest BCUT2D eigenvalue weighted by molar-refractivity contribution is 0.250. The Bertz CT molecular complexity index is 1720. The zero-order valence-corrected chi connectivity index (χ0v) is 22.5. The van der Waals surface area contributed by atoms with Crippen LogP contribution in [0.1, 0.15) is 23.1 Å². The number of rotatable bonds is 6. The molecule has 4 N–H and O–H groups in total. The third kappa shape index (κ3) is 4.34. The van der Waals surface area contributed by atoms with E-state index in [0.717, 1.165) is 29.4 Å². The first kappa shape index (κ1) is 24.8. The van der Waals surface area contributed by atoms with Crippen LogP contribution in [0.25, 0.3) is 11.1 Å². The van der Waals surface area contributed by atoms with E-state index in [1.807, 2.05) is 48.5 Å². The zero-order valence-electron chi connectivity index (χ0n) is 22.5. The van der Waals surface area contributed by atoms with Crippen molar-refractivity contribution in [3.8, 4) is 28.4 Å². The number of nitrogens with two attached hydrogens (primary N) is 2. The summed E-state index contributed by atoms with van der Waals surface area (Å²) in [7, 11) is 0. The highest BCUT2D eigenvalue weighted by Crippen LogP contribution is 2.57. The van der Waals surface area contributed by atoms with Crippen LogP contribution in [0.2, 0.25) is 0 Å². The molecule has 0 aliphatic heterocycles. The van der Waals surface area contributed by atoms with Crippen molar-refractivity contribution in [3.05, 3.63) is 162 Å². The van der Waals surface area contributed by atoms with E-state index >= 15 is 0 Å². The summed E-state index contributed by atoms with van der Waals surface area (Å²) in [6, 6.07) is 41.0. The highest BCUT2D eigenvalue weighted by Gasteiger charge is 2.46. The predicted molar refractivity (Wildman–Crippen MR) is 166 cm³/mol. The highest BCUT2D eigenvalue weighted by atomic mass is 16.5. The van der Waals surface area contributed by atoms with Crippen LogP contribution in [0, 0.1) is 0 Å². The van der Waals surface area contributed by atoms with Crippen molar-refractivity contribution in [1.82, 2.24) is 0 Å². The van der Waals surface area contributed by atoms with Crippen LogP contribution in [-0.2, 0) is 5.41 Å². The Balaban J connectivity index is 1.29. The molecule has 0 radical (unpaired) electrons. The molecule has 0 saturated heterocycles. The van der Waals surface area contributed by atoms with Gasteiger partial charge in [0.05, 0.1) is 5.41 Å². The van der Waals surface area contributed by atoms with Crippen molar-refractivity contribution in [3.63, 3.8) is 0 Å². The topological polar surface area (TPSA) is 70.5 Å². The molecule has 1 unspecified atom stereocenters. The Morgan fingerprint density at radius 3 is 1.63 bits per heavy atom. The van der Waals surface area contributed by atoms with Gasteiger partial charge < -0.3 is 20.9 Å². The van der Waals surface area contributed by atoms with Gasteiger partial charge in [0, 0.05) is 17.8 Å². The van der Waals surface area contributed by atoms with E-state index in [2.05, 4.69) is 91.0 Å². The fourth-order valence-corrected chi connectivity index (χ4v) is 6.16. The Hall–Kier alpha value is -5.22. The molecular formula is C37H30N2O2. The third-order valence-corrected chi connectivity index (χ3v) is 8.02. The Labute approximate surface area is 240 Å².